The van der Waals surface area contributed by atoms with Gasteiger partial charge in [0.25, 0.3) is 0 Å². The monoisotopic (exact) mass is 246 g/mol. The van der Waals surface area contributed by atoms with Gasteiger partial charge in [0.2, 0.25) is 5.91 Å². The highest BCUT2D eigenvalue weighted by molar-refractivity contribution is 7.92. The van der Waals surface area contributed by atoms with Crippen molar-refractivity contribution < 1.29 is 17.6 Å². The Hall–Kier alpha value is -1.63. The fourth-order valence-corrected chi connectivity index (χ4v) is 2.40. The second-order valence-corrected chi connectivity index (χ2v) is 5.58. The van der Waals surface area contributed by atoms with Crippen LogP contribution in [0.25, 0.3) is 0 Å². The van der Waals surface area contributed by atoms with Crippen molar-refractivity contribution in [2.45, 2.75) is 17.1 Å². The smallest absolute Gasteiger partial charge is 0.235 e. The molecule has 16 heavy (non-hydrogen) atoms. The van der Waals surface area contributed by atoms with Crippen molar-refractivity contribution in [3.8, 4) is 0 Å². The summed E-state index contributed by atoms with van der Waals surface area (Å²) in [5.41, 5.74) is 10.2. The molecule has 1 aromatic carbocycles. The van der Waals surface area contributed by atoms with Crippen LogP contribution in [0.5, 0.6) is 0 Å². The van der Waals surface area contributed by atoms with Gasteiger partial charge in [0.1, 0.15) is 11.1 Å². The lowest BCUT2D eigenvalue weighted by atomic mass is 10.3. The van der Waals surface area contributed by atoms with Crippen molar-refractivity contribution in [1.29, 1.82) is 0 Å². The minimum absolute atomic E-state index is 0.0322. The molecule has 0 aliphatic carbocycles. The van der Waals surface area contributed by atoms with Crippen LogP contribution in [-0.4, -0.2) is 19.6 Å². The van der Waals surface area contributed by atoms with Crippen molar-refractivity contribution in [3.63, 3.8) is 0 Å². The number of carbonyl (C=O) groups is 1. The molecule has 0 heterocycles. The Balaban J connectivity index is 3.33. The number of benzene rings is 1. The molecule has 0 saturated carbocycles. The highest BCUT2D eigenvalue weighted by atomic mass is 32.2. The molecule has 1 unspecified atom stereocenters. The zero-order valence-corrected chi connectivity index (χ0v) is 9.29. The highest BCUT2D eigenvalue weighted by Crippen LogP contribution is 2.20. The molecule has 7 heteroatoms. The summed E-state index contributed by atoms with van der Waals surface area (Å²) >= 11 is 0. The van der Waals surface area contributed by atoms with E-state index in [9.17, 15) is 17.6 Å². The van der Waals surface area contributed by atoms with Crippen molar-refractivity contribution in [2.24, 2.45) is 5.73 Å². The first-order valence-electron chi connectivity index (χ1n) is 4.34. The summed E-state index contributed by atoms with van der Waals surface area (Å²) < 4.78 is 36.5. The third-order valence-electron chi connectivity index (χ3n) is 2.09. The van der Waals surface area contributed by atoms with Crippen LogP contribution >= 0.6 is 0 Å². The molecule has 1 aromatic rings. The average Bonchev–Trinajstić information content (AvgIpc) is 2.14. The maximum atomic E-state index is 13.0. The quantitative estimate of drug-likeness (QED) is 0.735. The first-order valence-corrected chi connectivity index (χ1v) is 5.89. The molecule has 0 aliphatic heterocycles. The van der Waals surface area contributed by atoms with Crippen LogP contribution in [-0.2, 0) is 14.6 Å². The molecule has 5 nitrogen and oxygen atoms in total. The Morgan fingerprint density at radius 1 is 1.38 bits per heavy atom. The van der Waals surface area contributed by atoms with Crippen LogP contribution in [0.1, 0.15) is 6.92 Å². The van der Waals surface area contributed by atoms with Crippen LogP contribution in [0.15, 0.2) is 23.1 Å². The van der Waals surface area contributed by atoms with Gasteiger partial charge < -0.3 is 11.5 Å². The molecule has 1 atom stereocenters. The number of anilines is 1. The largest absolute Gasteiger partial charge is 0.399 e. The predicted octanol–water partition coefficient (Wildman–Crippen LogP) is 0.0554. The Bertz CT molecular complexity index is 507. The number of halogens is 1. The van der Waals surface area contributed by atoms with E-state index >= 15 is 0 Å². The number of hydrogen-bond acceptors (Lipinski definition) is 4. The van der Waals surface area contributed by atoms with Crippen molar-refractivity contribution in [1.82, 2.24) is 0 Å². The summed E-state index contributed by atoms with van der Waals surface area (Å²) in [6, 6.07) is 2.86. The molecule has 4 N–H and O–H groups in total. The zero-order valence-electron chi connectivity index (χ0n) is 8.48. The van der Waals surface area contributed by atoms with Crippen LogP contribution in [0.3, 0.4) is 0 Å². The molecule has 0 aromatic heterocycles. The van der Waals surface area contributed by atoms with Crippen LogP contribution in [0, 0.1) is 5.82 Å². The van der Waals surface area contributed by atoms with Gasteiger partial charge in [-0.25, -0.2) is 12.8 Å². The van der Waals surface area contributed by atoms with E-state index in [1.807, 2.05) is 0 Å². The normalized spacial score (nSPS) is 13.4. The summed E-state index contributed by atoms with van der Waals surface area (Å²) in [6.07, 6.45) is 0. The van der Waals surface area contributed by atoms with Gasteiger partial charge in [-0.05, 0) is 25.1 Å². The molecule has 0 aliphatic rings. The summed E-state index contributed by atoms with van der Waals surface area (Å²) in [5.74, 6) is -1.78. The van der Waals surface area contributed by atoms with E-state index in [1.165, 1.54) is 0 Å². The highest BCUT2D eigenvalue weighted by Gasteiger charge is 2.28. The molecule has 1 amide bonds. The van der Waals surface area contributed by atoms with Crippen LogP contribution in [0.2, 0.25) is 0 Å². The van der Waals surface area contributed by atoms with Gasteiger partial charge in [-0.1, -0.05) is 0 Å². The SMILES string of the molecule is CC(C(N)=O)S(=O)(=O)c1cc(N)cc(F)c1. The number of carbonyl (C=O) groups excluding carboxylic acids is 1. The fraction of sp³-hybridized carbons (Fsp3) is 0.222. The minimum Gasteiger partial charge on any atom is -0.399 e. The van der Waals surface area contributed by atoms with E-state index < -0.39 is 26.8 Å². The summed E-state index contributed by atoms with van der Waals surface area (Å²) in [5, 5.41) is -1.42. The number of primary amides is 1. The van der Waals surface area contributed by atoms with Gasteiger partial charge in [-0.2, -0.15) is 0 Å². The molecule has 0 bridgehead atoms. The molecule has 0 spiro atoms. The Labute approximate surface area is 92.2 Å². The molecule has 0 radical (unpaired) electrons. The molecule has 1 rings (SSSR count). The number of nitrogens with two attached hydrogens (primary N) is 2. The number of sulfone groups is 1. The number of rotatable bonds is 3. The lowest BCUT2D eigenvalue weighted by molar-refractivity contribution is -0.117. The van der Waals surface area contributed by atoms with Gasteiger partial charge in [-0.15, -0.1) is 0 Å². The lowest BCUT2D eigenvalue weighted by Gasteiger charge is -2.09. The van der Waals surface area contributed by atoms with Gasteiger partial charge in [0.05, 0.1) is 4.90 Å². The first-order chi connectivity index (χ1) is 7.25. The van der Waals surface area contributed by atoms with Crippen molar-refractivity contribution in [2.75, 3.05) is 5.73 Å². The van der Waals surface area contributed by atoms with Crippen LogP contribution < -0.4 is 11.5 Å². The molecule has 0 saturated heterocycles. The van der Waals surface area contributed by atoms with Gasteiger partial charge in [0.15, 0.2) is 9.84 Å². The molecule has 88 valence electrons. The Kier molecular flexibility index (Phi) is 3.18. The predicted molar refractivity (Wildman–Crippen MR) is 56.7 cm³/mol. The maximum absolute atomic E-state index is 13.0. The fourth-order valence-electron chi connectivity index (χ4n) is 1.11. The molecule has 0 fully saturated rings. The zero-order chi connectivity index (χ0) is 12.5. The molecular weight excluding hydrogens is 235 g/mol. The lowest BCUT2D eigenvalue weighted by Crippen LogP contribution is -2.33. The van der Waals surface area contributed by atoms with Gasteiger partial charge >= 0.3 is 0 Å². The number of hydrogen-bond donors (Lipinski definition) is 2. The van der Waals surface area contributed by atoms with E-state index in [0.29, 0.717) is 0 Å². The molecular formula is C9H11FN2O3S. The van der Waals surface area contributed by atoms with E-state index in [-0.39, 0.29) is 10.6 Å². The topological polar surface area (TPSA) is 103 Å². The van der Waals surface area contributed by atoms with E-state index in [1.54, 1.807) is 0 Å². The van der Waals surface area contributed by atoms with Gasteiger partial charge in [0, 0.05) is 5.69 Å². The second kappa shape index (κ2) is 4.09. The second-order valence-electron chi connectivity index (χ2n) is 3.31. The maximum Gasteiger partial charge on any atom is 0.235 e. The van der Waals surface area contributed by atoms with E-state index in [0.717, 1.165) is 25.1 Å². The Morgan fingerprint density at radius 2 is 1.94 bits per heavy atom. The van der Waals surface area contributed by atoms with E-state index in [4.69, 9.17) is 11.5 Å². The van der Waals surface area contributed by atoms with E-state index in [2.05, 4.69) is 0 Å². The summed E-state index contributed by atoms with van der Waals surface area (Å²) in [6.45, 7) is 1.14. The number of amides is 1. The minimum atomic E-state index is -3.98. The first kappa shape index (κ1) is 12.4. The van der Waals surface area contributed by atoms with Crippen molar-refractivity contribution in [3.05, 3.63) is 24.0 Å². The summed E-state index contributed by atoms with van der Waals surface area (Å²) in [4.78, 5) is 10.5. The average molecular weight is 246 g/mol. The standard InChI is InChI=1S/C9H11FN2O3S/c1-5(9(12)13)16(14,15)8-3-6(10)2-7(11)4-8/h2-5H,11H2,1H3,(H2,12,13). The Morgan fingerprint density at radius 3 is 2.38 bits per heavy atom. The summed E-state index contributed by atoms with van der Waals surface area (Å²) in [7, 11) is -3.98. The van der Waals surface area contributed by atoms with Gasteiger partial charge in [-0.3, -0.25) is 4.79 Å². The number of nitrogen functional groups attached to an aromatic ring is 1. The third kappa shape index (κ3) is 2.30. The van der Waals surface area contributed by atoms with Crippen LogP contribution in [0.4, 0.5) is 10.1 Å². The third-order valence-corrected chi connectivity index (χ3v) is 4.14. The van der Waals surface area contributed by atoms with Crippen molar-refractivity contribution >= 4 is 21.4 Å².